The summed E-state index contributed by atoms with van der Waals surface area (Å²) in [6, 6.07) is 16.4. The van der Waals surface area contributed by atoms with Gasteiger partial charge in [-0.2, -0.15) is 0 Å². The highest BCUT2D eigenvalue weighted by Crippen LogP contribution is 2.29. The molecule has 3 aromatic rings. The van der Waals surface area contributed by atoms with E-state index in [9.17, 15) is 18.0 Å². The fourth-order valence-corrected chi connectivity index (χ4v) is 6.24. The third-order valence-electron chi connectivity index (χ3n) is 6.67. The number of ether oxygens (including phenoxy) is 1. The van der Waals surface area contributed by atoms with Crippen LogP contribution < -0.4 is 14.4 Å². The van der Waals surface area contributed by atoms with Gasteiger partial charge in [-0.05, 0) is 87.9 Å². The molecule has 0 radical (unpaired) electrons. The predicted octanol–water partition coefficient (Wildman–Crippen LogP) is 6.68. The van der Waals surface area contributed by atoms with Gasteiger partial charge in [-0.25, -0.2) is 8.42 Å². The summed E-state index contributed by atoms with van der Waals surface area (Å²) >= 11 is 16.2. The van der Waals surface area contributed by atoms with Gasteiger partial charge in [-0.15, -0.1) is 0 Å². The third kappa shape index (κ3) is 8.40. The minimum absolute atomic E-state index is 0.00403. The Labute approximate surface area is 266 Å². The monoisotopic (exact) mass is 697 g/mol. The van der Waals surface area contributed by atoms with Crippen molar-refractivity contribution >= 4 is 66.7 Å². The molecule has 0 aromatic heterocycles. The van der Waals surface area contributed by atoms with Crippen molar-refractivity contribution in [3.63, 3.8) is 0 Å². The first-order chi connectivity index (χ1) is 19.9. The molecule has 0 aliphatic rings. The summed E-state index contributed by atoms with van der Waals surface area (Å²) in [5, 5.41) is 3.54. The maximum Gasteiger partial charge on any atom is 0.264 e. The first kappa shape index (κ1) is 33.7. The van der Waals surface area contributed by atoms with Gasteiger partial charge in [0.05, 0.1) is 17.2 Å². The number of nitrogens with one attached hydrogen (secondary N) is 1. The van der Waals surface area contributed by atoms with E-state index in [0.717, 1.165) is 4.31 Å². The Morgan fingerprint density at radius 1 is 0.952 bits per heavy atom. The molecule has 0 spiro atoms. The number of amides is 2. The van der Waals surface area contributed by atoms with E-state index in [1.165, 1.54) is 17.0 Å². The van der Waals surface area contributed by atoms with Gasteiger partial charge in [-0.3, -0.25) is 13.9 Å². The molecule has 0 bridgehead atoms. The molecule has 8 nitrogen and oxygen atoms in total. The first-order valence-corrected chi connectivity index (χ1v) is 16.4. The normalized spacial score (nSPS) is 12.7. The van der Waals surface area contributed by atoms with E-state index >= 15 is 0 Å². The molecular weight excluding hydrogens is 665 g/mol. The van der Waals surface area contributed by atoms with Gasteiger partial charge in [0, 0.05) is 32.7 Å². The van der Waals surface area contributed by atoms with E-state index in [-0.39, 0.29) is 29.1 Å². The number of hydrogen-bond donors (Lipinski definition) is 1. The zero-order valence-electron chi connectivity index (χ0n) is 23.8. The second-order valence-corrected chi connectivity index (χ2v) is 13.2. The largest absolute Gasteiger partial charge is 0.494 e. The zero-order chi connectivity index (χ0) is 31.0. The predicted molar refractivity (Wildman–Crippen MR) is 171 cm³/mol. The van der Waals surface area contributed by atoms with E-state index < -0.39 is 28.5 Å². The second-order valence-electron chi connectivity index (χ2n) is 9.61. The van der Waals surface area contributed by atoms with Gasteiger partial charge in [0.15, 0.2) is 0 Å². The van der Waals surface area contributed by atoms with Gasteiger partial charge < -0.3 is 15.0 Å². The Kier molecular flexibility index (Phi) is 12.1. The highest BCUT2D eigenvalue weighted by Gasteiger charge is 2.33. The molecule has 42 heavy (non-hydrogen) atoms. The van der Waals surface area contributed by atoms with Crippen LogP contribution in [0.3, 0.4) is 0 Å². The maximum atomic E-state index is 14.1. The third-order valence-corrected chi connectivity index (χ3v) is 9.70. The van der Waals surface area contributed by atoms with E-state index in [4.69, 9.17) is 27.9 Å². The van der Waals surface area contributed by atoms with E-state index in [0.29, 0.717) is 38.9 Å². The van der Waals surface area contributed by atoms with Crippen LogP contribution in [0.2, 0.25) is 10.0 Å². The standard InChI is InChI=1S/C30H34BrCl2N3O5S/c1-5-20(3)34-30(38)21(4)35(18-26-27(32)8-7-9-28(26)33)29(37)19-36(23-12-14-24(15-13-23)41-6-2)42(39,40)25-16-10-22(31)11-17-25/h7-17,20-21H,5-6,18-19H2,1-4H3,(H,34,38)/t20-,21+/m1/s1. The van der Waals surface area contributed by atoms with Crippen molar-refractivity contribution in [3.05, 3.63) is 86.8 Å². The second kappa shape index (κ2) is 15.1. The average Bonchev–Trinajstić information content (AvgIpc) is 2.96. The minimum atomic E-state index is -4.21. The van der Waals surface area contributed by atoms with Crippen LogP contribution in [-0.4, -0.2) is 50.4 Å². The van der Waals surface area contributed by atoms with Crippen molar-refractivity contribution < 1.29 is 22.7 Å². The Morgan fingerprint density at radius 2 is 1.55 bits per heavy atom. The van der Waals surface area contributed by atoms with E-state index in [2.05, 4.69) is 21.2 Å². The van der Waals surface area contributed by atoms with Gasteiger partial charge in [0.2, 0.25) is 11.8 Å². The number of halogens is 3. The van der Waals surface area contributed by atoms with Crippen molar-refractivity contribution in [3.8, 4) is 5.75 Å². The van der Waals surface area contributed by atoms with Crippen LogP contribution in [0.5, 0.6) is 5.75 Å². The Bertz CT molecular complexity index is 1470. The highest BCUT2D eigenvalue weighted by molar-refractivity contribution is 9.10. The molecule has 3 rings (SSSR count). The van der Waals surface area contributed by atoms with Crippen LogP contribution in [-0.2, 0) is 26.2 Å². The quantitative estimate of drug-likeness (QED) is 0.215. The number of carbonyl (C=O) groups excluding carboxylic acids is 2. The topological polar surface area (TPSA) is 96.0 Å². The molecule has 0 heterocycles. The van der Waals surface area contributed by atoms with Crippen LogP contribution in [0, 0.1) is 0 Å². The van der Waals surface area contributed by atoms with E-state index in [1.807, 2.05) is 20.8 Å². The maximum absolute atomic E-state index is 14.1. The summed E-state index contributed by atoms with van der Waals surface area (Å²) in [5.74, 6) is -0.449. The summed E-state index contributed by atoms with van der Waals surface area (Å²) in [7, 11) is -4.21. The number of rotatable bonds is 13. The van der Waals surface area contributed by atoms with Crippen LogP contribution in [0.15, 0.2) is 76.1 Å². The van der Waals surface area contributed by atoms with Crippen LogP contribution in [0.1, 0.15) is 39.7 Å². The number of hydrogen-bond acceptors (Lipinski definition) is 5. The van der Waals surface area contributed by atoms with Crippen molar-refractivity contribution in [2.45, 2.75) is 57.6 Å². The molecule has 226 valence electrons. The molecule has 0 aliphatic heterocycles. The molecule has 2 atom stereocenters. The number of carbonyl (C=O) groups is 2. The molecule has 0 saturated carbocycles. The SMILES string of the molecule is CCOc1ccc(N(CC(=O)N(Cc2c(Cl)cccc2Cl)[C@@H](C)C(=O)N[C@H](C)CC)S(=O)(=O)c2ccc(Br)cc2)cc1. The molecule has 2 amide bonds. The molecular formula is C30H34BrCl2N3O5S. The van der Waals surface area contributed by atoms with Crippen molar-refractivity contribution in [1.82, 2.24) is 10.2 Å². The first-order valence-electron chi connectivity index (χ1n) is 13.4. The molecule has 12 heteroatoms. The lowest BCUT2D eigenvalue weighted by molar-refractivity contribution is -0.139. The molecule has 0 unspecified atom stereocenters. The summed E-state index contributed by atoms with van der Waals surface area (Å²) in [6.45, 7) is 6.97. The zero-order valence-corrected chi connectivity index (χ0v) is 27.7. The van der Waals surface area contributed by atoms with Crippen LogP contribution in [0.4, 0.5) is 5.69 Å². The summed E-state index contributed by atoms with van der Waals surface area (Å²) < 4.78 is 35.1. The number of nitrogens with zero attached hydrogens (tertiary/aromatic N) is 2. The van der Waals surface area contributed by atoms with Crippen LogP contribution >= 0.6 is 39.1 Å². The average molecular weight is 699 g/mol. The Morgan fingerprint density at radius 3 is 2.10 bits per heavy atom. The fraction of sp³-hybridized carbons (Fsp3) is 0.333. The van der Waals surface area contributed by atoms with Gasteiger partial charge in [0.1, 0.15) is 18.3 Å². The highest BCUT2D eigenvalue weighted by atomic mass is 79.9. The molecule has 1 N–H and O–H groups in total. The Balaban J connectivity index is 2.07. The van der Waals surface area contributed by atoms with Gasteiger partial charge >= 0.3 is 0 Å². The lowest BCUT2D eigenvalue weighted by atomic mass is 10.1. The fourth-order valence-electron chi connectivity index (χ4n) is 4.04. The van der Waals surface area contributed by atoms with Crippen LogP contribution in [0.25, 0.3) is 0 Å². The van der Waals surface area contributed by atoms with Crippen molar-refractivity contribution in [2.75, 3.05) is 17.5 Å². The summed E-state index contributed by atoms with van der Waals surface area (Å²) in [4.78, 5) is 28.6. The van der Waals surface area contributed by atoms with Crippen molar-refractivity contribution in [2.24, 2.45) is 0 Å². The molecule has 0 aliphatic carbocycles. The van der Waals surface area contributed by atoms with Crippen molar-refractivity contribution in [1.29, 1.82) is 0 Å². The van der Waals surface area contributed by atoms with Gasteiger partial charge in [0.25, 0.3) is 10.0 Å². The lowest BCUT2D eigenvalue weighted by Gasteiger charge is -2.33. The van der Waals surface area contributed by atoms with Gasteiger partial charge in [-0.1, -0.05) is 52.1 Å². The molecule has 0 fully saturated rings. The molecule has 3 aromatic carbocycles. The number of anilines is 1. The smallest absolute Gasteiger partial charge is 0.264 e. The number of sulfonamides is 1. The van der Waals surface area contributed by atoms with E-state index in [1.54, 1.807) is 61.5 Å². The summed E-state index contributed by atoms with van der Waals surface area (Å²) in [5.41, 5.74) is 0.697. The lowest BCUT2D eigenvalue weighted by Crippen LogP contribution is -2.52. The number of benzene rings is 3. The Hall–Kier alpha value is -2.79. The minimum Gasteiger partial charge on any atom is -0.494 e. The summed E-state index contributed by atoms with van der Waals surface area (Å²) in [6.07, 6.45) is 0.694. The molecule has 0 saturated heterocycles.